The van der Waals surface area contributed by atoms with Gasteiger partial charge in [0.25, 0.3) is 0 Å². The van der Waals surface area contributed by atoms with Crippen molar-refractivity contribution < 1.29 is 0 Å². The van der Waals surface area contributed by atoms with Crippen LogP contribution in [0.3, 0.4) is 0 Å². The maximum atomic E-state index is 6.61. The molecule has 1 atom stereocenters. The molecule has 11 heteroatoms. The van der Waals surface area contributed by atoms with Crippen LogP contribution >= 0.6 is 35.1 Å². The van der Waals surface area contributed by atoms with Crippen LogP contribution in [-0.4, -0.2) is 52.3 Å². The molecule has 1 spiro atoms. The van der Waals surface area contributed by atoms with Crippen LogP contribution in [0.1, 0.15) is 19.3 Å². The average Bonchev–Trinajstić information content (AvgIpc) is 3.03. The van der Waals surface area contributed by atoms with E-state index in [9.17, 15) is 0 Å². The summed E-state index contributed by atoms with van der Waals surface area (Å²) in [5.74, 6) is 0.918. The maximum absolute atomic E-state index is 6.61. The first-order chi connectivity index (χ1) is 14.5. The maximum Gasteiger partial charge on any atom is 0.245 e. The normalized spacial score (nSPS) is 20.8. The van der Waals surface area contributed by atoms with Gasteiger partial charge < -0.3 is 16.4 Å². The zero-order valence-electron chi connectivity index (χ0n) is 16.6. The lowest BCUT2D eigenvalue weighted by molar-refractivity contribution is 0.204. The van der Waals surface area contributed by atoms with E-state index in [1.165, 1.54) is 16.7 Å². The van der Waals surface area contributed by atoms with E-state index in [-0.39, 0.29) is 11.5 Å². The fourth-order valence-corrected chi connectivity index (χ4v) is 5.93. The van der Waals surface area contributed by atoms with E-state index in [1.807, 2.05) is 0 Å². The fourth-order valence-electron chi connectivity index (χ4n) is 4.09. The molecule has 158 valence electrons. The Morgan fingerprint density at radius 2 is 2.07 bits per heavy atom. The molecule has 2 aromatic rings. The molecule has 2 aromatic heterocycles. The van der Waals surface area contributed by atoms with Gasteiger partial charge in [-0.05, 0) is 43.7 Å². The van der Waals surface area contributed by atoms with Crippen molar-refractivity contribution in [1.29, 1.82) is 0 Å². The fraction of sp³-hybridized carbons (Fsp3) is 0.421. The molecule has 0 aromatic carbocycles. The summed E-state index contributed by atoms with van der Waals surface area (Å²) in [6.45, 7) is 5.40. The van der Waals surface area contributed by atoms with Gasteiger partial charge in [0.05, 0.1) is 16.9 Å². The van der Waals surface area contributed by atoms with Gasteiger partial charge in [-0.3, -0.25) is 4.99 Å². The van der Waals surface area contributed by atoms with Crippen molar-refractivity contribution in [3.05, 3.63) is 34.1 Å². The first-order valence-corrected chi connectivity index (χ1v) is 11.9. The van der Waals surface area contributed by atoms with Gasteiger partial charge in [-0.25, -0.2) is 9.97 Å². The van der Waals surface area contributed by atoms with Crippen LogP contribution in [0.25, 0.3) is 0 Å². The number of pyridine rings is 1. The molecule has 2 aliphatic rings. The van der Waals surface area contributed by atoms with Crippen LogP contribution in [0.2, 0.25) is 5.02 Å². The minimum Gasteiger partial charge on any atom is -0.382 e. The summed E-state index contributed by atoms with van der Waals surface area (Å²) < 4.78 is 0. The number of halogens is 1. The summed E-state index contributed by atoms with van der Waals surface area (Å²) in [4.78, 5) is 16.8. The Balaban J connectivity index is 1.41. The van der Waals surface area contributed by atoms with Crippen LogP contribution in [-0.2, 0) is 0 Å². The topological polar surface area (TPSA) is 119 Å². The molecule has 1 aliphatic heterocycles. The van der Waals surface area contributed by atoms with E-state index in [0.29, 0.717) is 21.8 Å². The number of nitrogen functional groups attached to an aromatic ring is 1. The quantitative estimate of drug-likeness (QED) is 0.645. The summed E-state index contributed by atoms with van der Waals surface area (Å²) in [5, 5.41) is 9.69. The lowest BCUT2D eigenvalue weighted by atomic mass is 9.73. The zero-order chi connectivity index (χ0) is 21.3. The van der Waals surface area contributed by atoms with Crippen molar-refractivity contribution in [3.8, 4) is 0 Å². The Bertz CT molecular complexity index is 973. The Labute approximate surface area is 189 Å². The predicted octanol–water partition coefficient (Wildman–Crippen LogP) is 3.25. The molecule has 1 saturated heterocycles. The number of piperidine rings is 1. The molecular formula is C19H23ClN8S2. The molecular weight excluding hydrogens is 440 g/mol. The summed E-state index contributed by atoms with van der Waals surface area (Å²) in [6.07, 6.45) is 8.19. The number of nitrogens with zero attached hydrogens (tertiary/aromatic N) is 6. The van der Waals surface area contributed by atoms with Gasteiger partial charge in [-0.2, -0.15) is 0 Å². The van der Waals surface area contributed by atoms with E-state index in [1.54, 1.807) is 30.2 Å². The molecule has 8 nitrogen and oxygen atoms in total. The minimum absolute atomic E-state index is 0.0190. The molecule has 1 aliphatic carbocycles. The summed E-state index contributed by atoms with van der Waals surface area (Å²) in [7, 11) is 0. The number of allylic oxidation sites excluding steroid dienone is 1. The van der Waals surface area contributed by atoms with E-state index in [2.05, 4.69) is 43.0 Å². The van der Waals surface area contributed by atoms with E-state index >= 15 is 0 Å². The van der Waals surface area contributed by atoms with Crippen molar-refractivity contribution in [1.82, 2.24) is 20.2 Å². The number of hydrogen-bond donors (Lipinski definition) is 2. The SMILES string of the molecule is C=NC1=C(SC)[C@@H](N)C2(CCN(c3ncc(Sc4ccnc(N)c4Cl)nn3)CC2)C1. The Morgan fingerprint density at radius 1 is 1.30 bits per heavy atom. The summed E-state index contributed by atoms with van der Waals surface area (Å²) in [6, 6.07) is 1.81. The van der Waals surface area contributed by atoms with Gasteiger partial charge in [0.15, 0.2) is 0 Å². The largest absolute Gasteiger partial charge is 0.382 e. The third kappa shape index (κ3) is 3.89. The van der Waals surface area contributed by atoms with E-state index in [4.69, 9.17) is 23.1 Å². The van der Waals surface area contributed by atoms with Crippen molar-refractivity contribution in [2.75, 3.05) is 30.0 Å². The van der Waals surface area contributed by atoms with Crippen LogP contribution in [0.4, 0.5) is 11.8 Å². The standard InChI is InChI=1S/C19H23ClN8S2/c1-23-11-9-19(16(21)15(11)29-2)4-7-28(8-5-19)18-25-10-13(26-27-18)30-12-3-6-24-17(22)14(12)20/h3,6,10,16H,1,4-5,7-9,21H2,2H3,(H2,22,24)/t16-/m1/s1. The molecule has 1 fully saturated rings. The van der Waals surface area contributed by atoms with Crippen LogP contribution in [0, 0.1) is 5.41 Å². The van der Waals surface area contributed by atoms with Crippen LogP contribution in [0.5, 0.6) is 0 Å². The second kappa shape index (κ2) is 8.70. The number of thioether (sulfide) groups is 1. The molecule has 0 saturated carbocycles. The van der Waals surface area contributed by atoms with E-state index in [0.717, 1.165) is 42.9 Å². The lowest BCUT2D eigenvalue weighted by Crippen LogP contribution is -2.48. The second-order valence-corrected chi connectivity index (χ2v) is 9.67. The highest BCUT2D eigenvalue weighted by molar-refractivity contribution is 8.02. The first-order valence-electron chi connectivity index (χ1n) is 9.49. The van der Waals surface area contributed by atoms with Crippen molar-refractivity contribution in [2.45, 2.75) is 35.2 Å². The van der Waals surface area contributed by atoms with Gasteiger partial charge in [0, 0.05) is 35.1 Å². The van der Waals surface area contributed by atoms with Crippen LogP contribution < -0.4 is 16.4 Å². The highest BCUT2D eigenvalue weighted by Gasteiger charge is 2.47. The Kier molecular flexibility index (Phi) is 6.19. The second-order valence-electron chi connectivity index (χ2n) is 7.38. The van der Waals surface area contributed by atoms with Crippen molar-refractivity contribution >= 4 is 53.6 Å². The van der Waals surface area contributed by atoms with Crippen molar-refractivity contribution in [2.24, 2.45) is 16.1 Å². The molecule has 0 unspecified atom stereocenters. The molecule has 30 heavy (non-hydrogen) atoms. The van der Waals surface area contributed by atoms with Gasteiger partial charge in [-0.15, -0.1) is 22.0 Å². The molecule has 4 N–H and O–H groups in total. The lowest BCUT2D eigenvalue weighted by Gasteiger charge is -2.42. The number of anilines is 2. The third-order valence-electron chi connectivity index (χ3n) is 5.82. The van der Waals surface area contributed by atoms with Gasteiger partial charge in [-0.1, -0.05) is 23.4 Å². The predicted molar refractivity (Wildman–Crippen MR) is 124 cm³/mol. The minimum atomic E-state index is 0.0190. The molecule has 0 radical (unpaired) electrons. The first kappa shape index (κ1) is 21.4. The van der Waals surface area contributed by atoms with E-state index < -0.39 is 0 Å². The zero-order valence-corrected chi connectivity index (χ0v) is 19.0. The highest BCUT2D eigenvalue weighted by atomic mass is 35.5. The number of aliphatic imine (C=N–C) groups is 1. The molecule has 0 bridgehead atoms. The smallest absolute Gasteiger partial charge is 0.245 e. The van der Waals surface area contributed by atoms with Gasteiger partial charge in [0.2, 0.25) is 5.95 Å². The molecule has 4 rings (SSSR count). The summed E-state index contributed by atoms with van der Waals surface area (Å²) >= 11 is 9.25. The number of nitrogens with two attached hydrogens (primary N) is 2. The number of aromatic nitrogens is 4. The molecule has 3 heterocycles. The third-order valence-corrected chi connectivity index (χ3v) is 8.22. The van der Waals surface area contributed by atoms with Crippen LogP contribution in [0.15, 0.2) is 44.0 Å². The summed E-state index contributed by atoms with van der Waals surface area (Å²) in [5.41, 5.74) is 13.5. The average molecular weight is 463 g/mol. The monoisotopic (exact) mass is 462 g/mol. The Morgan fingerprint density at radius 3 is 2.67 bits per heavy atom. The number of hydrogen-bond acceptors (Lipinski definition) is 10. The molecule has 0 amide bonds. The number of rotatable bonds is 5. The Hall–Kier alpha value is -1.88. The van der Waals surface area contributed by atoms with Gasteiger partial charge >= 0.3 is 0 Å². The van der Waals surface area contributed by atoms with Gasteiger partial charge in [0.1, 0.15) is 10.8 Å². The highest BCUT2D eigenvalue weighted by Crippen LogP contribution is 2.51. The van der Waals surface area contributed by atoms with Crippen molar-refractivity contribution in [3.63, 3.8) is 0 Å².